The lowest BCUT2D eigenvalue weighted by Gasteiger charge is -2.07. The van der Waals surface area contributed by atoms with Crippen molar-refractivity contribution in [1.82, 2.24) is 0 Å². The summed E-state index contributed by atoms with van der Waals surface area (Å²) in [5, 5.41) is 0. The average molecular weight is 188 g/mol. The van der Waals surface area contributed by atoms with Gasteiger partial charge in [-0.3, -0.25) is 4.84 Å². The SMILES string of the molecule is COc1ccc(NCl)c(OC)c1. The van der Waals surface area contributed by atoms with Crippen molar-refractivity contribution >= 4 is 17.5 Å². The molecule has 0 radical (unpaired) electrons. The van der Waals surface area contributed by atoms with Crippen molar-refractivity contribution in [2.24, 2.45) is 0 Å². The van der Waals surface area contributed by atoms with E-state index in [1.807, 2.05) is 0 Å². The van der Waals surface area contributed by atoms with E-state index >= 15 is 0 Å². The van der Waals surface area contributed by atoms with Crippen LogP contribution < -0.4 is 14.3 Å². The van der Waals surface area contributed by atoms with Crippen LogP contribution in [0.25, 0.3) is 0 Å². The maximum Gasteiger partial charge on any atom is 0.146 e. The van der Waals surface area contributed by atoms with E-state index in [0.717, 1.165) is 11.4 Å². The predicted octanol–water partition coefficient (Wildman–Crippen LogP) is 2.27. The monoisotopic (exact) mass is 187 g/mol. The van der Waals surface area contributed by atoms with E-state index in [-0.39, 0.29) is 0 Å². The Bertz CT molecular complexity index is 265. The standard InChI is InChI=1S/C8H10ClNO2/c1-11-6-3-4-7(10-9)8(5-6)12-2/h3-5,10H,1-2H3. The molecule has 0 unspecified atom stereocenters. The summed E-state index contributed by atoms with van der Waals surface area (Å²) in [5.41, 5.74) is 0.722. The summed E-state index contributed by atoms with van der Waals surface area (Å²) in [4.78, 5) is 2.49. The number of anilines is 1. The molecule has 1 rings (SSSR count). The van der Waals surface area contributed by atoms with Crippen LogP contribution in [0, 0.1) is 0 Å². The van der Waals surface area contributed by atoms with Crippen LogP contribution in [-0.4, -0.2) is 14.2 Å². The number of halogens is 1. The summed E-state index contributed by atoms with van der Waals surface area (Å²) < 4.78 is 10.1. The molecule has 1 N–H and O–H groups in total. The summed E-state index contributed by atoms with van der Waals surface area (Å²) in [5.74, 6) is 1.40. The molecule has 1 aromatic carbocycles. The van der Waals surface area contributed by atoms with E-state index in [9.17, 15) is 0 Å². The van der Waals surface area contributed by atoms with Gasteiger partial charge in [0.2, 0.25) is 0 Å². The minimum Gasteiger partial charge on any atom is -0.497 e. The molecule has 0 saturated carbocycles. The third kappa shape index (κ3) is 1.74. The molecule has 0 saturated heterocycles. The molecule has 0 fully saturated rings. The van der Waals surface area contributed by atoms with Crippen LogP contribution in [0.2, 0.25) is 0 Å². The molecule has 66 valence electrons. The number of rotatable bonds is 3. The van der Waals surface area contributed by atoms with Gasteiger partial charge in [0.25, 0.3) is 0 Å². The van der Waals surface area contributed by atoms with Crippen molar-refractivity contribution in [2.45, 2.75) is 0 Å². The Morgan fingerprint density at radius 1 is 1.25 bits per heavy atom. The Hall–Kier alpha value is -1.09. The van der Waals surface area contributed by atoms with Crippen molar-refractivity contribution in [3.8, 4) is 11.5 Å². The largest absolute Gasteiger partial charge is 0.497 e. The van der Waals surface area contributed by atoms with Crippen LogP contribution >= 0.6 is 11.8 Å². The van der Waals surface area contributed by atoms with Crippen LogP contribution in [0.1, 0.15) is 0 Å². The first-order chi connectivity index (χ1) is 5.81. The minimum atomic E-state index is 0.657. The molecule has 3 nitrogen and oxygen atoms in total. The lowest BCUT2D eigenvalue weighted by molar-refractivity contribution is 0.395. The summed E-state index contributed by atoms with van der Waals surface area (Å²) in [7, 11) is 3.18. The van der Waals surface area contributed by atoms with E-state index in [0.29, 0.717) is 5.75 Å². The van der Waals surface area contributed by atoms with Crippen molar-refractivity contribution in [3.63, 3.8) is 0 Å². The normalized spacial score (nSPS) is 9.25. The molecule has 12 heavy (non-hydrogen) atoms. The number of methoxy groups -OCH3 is 2. The van der Waals surface area contributed by atoms with Crippen molar-refractivity contribution in [1.29, 1.82) is 0 Å². The Morgan fingerprint density at radius 2 is 2.00 bits per heavy atom. The van der Waals surface area contributed by atoms with Gasteiger partial charge in [-0.15, -0.1) is 0 Å². The molecule has 0 amide bonds. The molecule has 0 spiro atoms. The molecule has 0 aliphatic carbocycles. The molecule has 0 heterocycles. The molecule has 0 aromatic heterocycles. The van der Waals surface area contributed by atoms with Gasteiger partial charge in [-0.2, -0.15) is 0 Å². The summed E-state index contributed by atoms with van der Waals surface area (Å²) >= 11 is 5.44. The van der Waals surface area contributed by atoms with Gasteiger partial charge >= 0.3 is 0 Å². The molecule has 1 aromatic rings. The molecular weight excluding hydrogens is 178 g/mol. The highest BCUT2D eigenvalue weighted by Gasteiger charge is 2.02. The third-order valence-corrected chi connectivity index (χ3v) is 1.71. The summed E-state index contributed by atoms with van der Waals surface area (Å²) in [6.45, 7) is 0. The second kappa shape index (κ2) is 4.07. The smallest absolute Gasteiger partial charge is 0.146 e. The van der Waals surface area contributed by atoms with Crippen molar-refractivity contribution in [3.05, 3.63) is 18.2 Å². The summed E-state index contributed by atoms with van der Waals surface area (Å²) in [6.07, 6.45) is 0. The van der Waals surface area contributed by atoms with Gasteiger partial charge in [0, 0.05) is 17.8 Å². The molecular formula is C8H10ClNO2. The number of hydrogen-bond donors (Lipinski definition) is 1. The Balaban J connectivity index is 3.02. The van der Waals surface area contributed by atoms with E-state index < -0.39 is 0 Å². The zero-order valence-corrected chi connectivity index (χ0v) is 7.68. The maximum absolute atomic E-state index is 5.44. The molecule has 0 aliphatic rings. The average Bonchev–Trinajstić information content (AvgIpc) is 2.16. The fourth-order valence-electron chi connectivity index (χ4n) is 0.877. The van der Waals surface area contributed by atoms with E-state index in [1.54, 1.807) is 32.4 Å². The first-order valence-corrected chi connectivity index (χ1v) is 3.78. The highest BCUT2D eigenvalue weighted by molar-refractivity contribution is 6.24. The minimum absolute atomic E-state index is 0.657. The fourth-order valence-corrected chi connectivity index (χ4v) is 1.03. The van der Waals surface area contributed by atoms with E-state index in [4.69, 9.17) is 21.3 Å². The Kier molecular flexibility index (Phi) is 3.05. The first kappa shape index (κ1) is 9.00. The lowest BCUT2D eigenvalue weighted by Crippen LogP contribution is -1.90. The van der Waals surface area contributed by atoms with Crippen LogP contribution in [0.4, 0.5) is 5.69 Å². The van der Waals surface area contributed by atoms with Gasteiger partial charge in [-0.25, -0.2) is 0 Å². The van der Waals surface area contributed by atoms with E-state index in [1.165, 1.54) is 0 Å². The fraction of sp³-hybridized carbons (Fsp3) is 0.250. The van der Waals surface area contributed by atoms with Crippen LogP contribution in [0.15, 0.2) is 18.2 Å². The van der Waals surface area contributed by atoms with Gasteiger partial charge in [0.1, 0.15) is 11.5 Å². The second-order valence-corrected chi connectivity index (χ2v) is 2.35. The lowest BCUT2D eigenvalue weighted by atomic mass is 10.3. The number of hydrogen-bond acceptors (Lipinski definition) is 3. The topological polar surface area (TPSA) is 30.5 Å². The van der Waals surface area contributed by atoms with Crippen LogP contribution in [-0.2, 0) is 0 Å². The van der Waals surface area contributed by atoms with Crippen molar-refractivity contribution < 1.29 is 9.47 Å². The van der Waals surface area contributed by atoms with Gasteiger partial charge in [-0.05, 0) is 12.1 Å². The molecule has 0 bridgehead atoms. The number of ether oxygens (including phenoxy) is 2. The Morgan fingerprint density at radius 3 is 2.50 bits per heavy atom. The molecule has 4 heteroatoms. The first-order valence-electron chi connectivity index (χ1n) is 3.40. The van der Waals surface area contributed by atoms with E-state index in [2.05, 4.69) is 4.84 Å². The Labute approximate surface area is 76.4 Å². The molecule has 0 aliphatic heterocycles. The third-order valence-electron chi connectivity index (χ3n) is 1.51. The number of nitrogens with one attached hydrogen (secondary N) is 1. The predicted molar refractivity (Wildman–Crippen MR) is 49.0 cm³/mol. The van der Waals surface area contributed by atoms with Gasteiger partial charge in [-0.1, -0.05) is 0 Å². The van der Waals surface area contributed by atoms with Gasteiger partial charge < -0.3 is 9.47 Å². The zero-order valence-electron chi connectivity index (χ0n) is 6.93. The van der Waals surface area contributed by atoms with Crippen LogP contribution in [0.5, 0.6) is 11.5 Å². The summed E-state index contributed by atoms with van der Waals surface area (Å²) in [6, 6.07) is 5.34. The highest BCUT2D eigenvalue weighted by Crippen LogP contribution is 2.29. The van der Waals surface area contributed by atoms with Crippen LogP contribution in [0.3, 0.4) is 0 Å². The van der Waals surface area contributed by atoms with Crippen molar-refractivity contribution in [2.75, 3.05) is 19.1 Å². The zero-order chi connectivity index (χ0) is 8.97. The number of benzene rings is 1. The van der Waals surface area contributed by atoms with Gasteiger partial charge in [0.15, 0.2) is 0 Å². The molecule has 0 atom stereocenters. The second-order valence-electron chi connectivity index (χ2n) is 2.16. The quantitative estimate of drug-likeness (QED) is 0.737. The highest BCUT2D eigenvalue weighted by atomic mass is 35.5. The maximum atomic E-state index is 5.44. The van der Waals surface area contributed by atoms with Gasteiger partial charge in [0.05, 0.1) is 19.9 Å².